The zero-order chi connectivity index (χ0) is 19.2. The number of rotatable bonds is 6. The van der Waals surface area contributed by atoms with Crippen LogP contribution in [-0.4, -0.2) is 47.9 Å². The Balaban J connectivity index is 1.50. The molecule has 1 aliphatic heterocycles. The van der Waals surface area contributed by atoms with E-state index in [1.54, 1.807) is 18.3 Å². The lowest BCUT2D eigenvalue weighted by atomic mass is 10.2. The van der Waals surface area contributed by atoms with Crippen LogP contribution in [0.3, 0.4) is 0 Å². The number of nitrogens with zero attached hydrogens (tertiary/aromatic N) is 3. The van der Waals surface area contributed by atoms with Gasteiger partial charge in [-0.3, -0.25) is 20.0 Å². The van der Waals surface area contributed by atoms with Gasteiger partial charge in [-0.2, -0.15) is 0 Å². The number of carbonyl (C=O) groups excluding carboxylic acids is 2. The molecular formula is C19H25N5O2S. The number of pyridine rings is 1. The summed E-state index contributed by atoms with van der Waals surface area (Å²) in [5.74, 6) is 5.09. The lowest BCUT2D eigenvalue weighted by Crippen LogP contribution is -2.48. The monoisotopic (exact) mass is 387 g/mol. The first-order valence-electron chi connectivity index (χ1n) is 9.07. The molecule has 3 rings (SSSR count). The third-order valence-electron chi connectivity index (χ3n) is 4.74. The van der Waals surface area contributed by atoms with Gasteiger partial charge in [-0.05, 0) is 37.1 Å². The Labute approximate surface area is 163 Å². The molecule has 0 radical (unpaired) electrons. The Hall–Kier alpha value is -2.45. The van der Waals surface area contributed by atoms with Gasteiger partial charge in [-0.1, -0.05) is 0 Å². The molecule has 2 amide bonds. The highest BCUT2D eigenvalue weighted by Gasteiger charge is 2.18. The average molecular weight is 388 g/mol. The van der Waals surface area contributed by atoms with Gasteiger partial charge < -0.3 is 9.80 Å². The highest BCUT2D eigenvalue weighted by atomic mass is 32.1. The molecule has 0 aromatic carbocycles. The number of nitrogens with one attached hydrogen (secondary N) is 1. The van der Waals surface area contributed by atoms with Crippen molar-refractivity contribution < 1.29 is 9.59 Å². The summed E-state index contributed by atoms with van der Waals surface area (Å²) in [6, 6.07) is 8.22. The van der Waals surface area contributed by atoms with Gasteiger partial charge in [0.1, 0.15) is 0 Å². The smallest absolute Gasteiger partial charge is 0.239 e. The molecule has 1 aliphatic rings. The van der Waals surface area contributed by atoms with Crippen LogP contribution in [0.4, 0.5) is 5.69 Å². The summed E-state index contributed by atoms with van der Waals surface area (Å²) < 4.78 is 0. The molecule has 7 nitrogen and oxygen atoms in total. The number of piperazine rings is 1. The molecule has 1 fully saturated rings. The quantitative estimate of drug-likeness (QED) is 0.440. The molecule has 1 saturated heterocycles. The second-order valence-corrected chi connectivity index (χ2v) is 7.87. The summed E-state index contributed by atoms with van der Waals surface area (Å²) in [4.78, 5) is 33.7. The summed E-state index contributed by atoms with van der Waals surface area (Å²) in [6.45, 7) is 4.83. The number of anilines is 1. The maximum Gasteiger partial charge on any atom is 0.239 e. The van der Waals surface area contributed by atoms with E-state index in [-0.39, 0.29) is 11.8 Å². The first-order valence-corrected chi connectivity index (χ1v) is 9.89. The largest absolute Gasteiger partial charge is 0.367 e. The van der Waals surface area contributed by atoms with Crippen molar-refractivity contribution in [1.82, 2.24) is 15.3 Å². The number of nitrogens with two attached hydrogens (primary N) is 1. The first kappa shape index (κ1) is 19.3. The summed E-state index contributed by atoms with van der Waals surface area (Å²) in [7, 11) is 0. The minimum absolute atomic E-state index is 0.142. The van der Waals surface area contributed by atoms with Crippen molar-refractivity contribution in [2.24, 2.45) is 5.84 Å². The van der Waals surface area contributed by atoms with Gasteiger partial charge >= 0.3 is 0 Å². The van der Waals surface area contributed by atoms with Crippen molar-refractivity contribution in [3.05, 3.63) is 45.9 Å². The number of amides is 2. The molecule has 0 bridgehead atoms. The summed E-state index contributed by atoms with van der Waals surface area (Å²) in [5, 5.41) is 0. The Morgan fingerprint density at radius 1 is 1.11 bits per heavy atom. The minimum Gasteiger partial charge on any atom is -0.367 e. The van der Waals surface area contributed by atoms with Crippen LogP contribution >= 0.6 is 11.3 Å². The van der Waals surface area contributed by atoms with Crippen LogP contribution in [0.5, 0.6) is 0 Å². The molecule has 27 heavy (non-hydrogen) atoms. The molecule has 0 atom stereocenters. The SMILES string of the molecule is CC(=O)N1CCN(c2ccc(CCc3ccc(CC(=O)NN)s3)nc2)CC1. The van der Waals surface area contributed by atoms with E-state index < -0.39 is 0 Å². The first-order chi connectivity index (χ1) is 13.0. The van der Waals surface area contributed by atoms with Crippen LogP contribution in [0.1, 0.15) is 22.4 Å². The number of hydrogen-bond acceptors (Lipinski definition) is 6. The van der Waals surface area contributed by atoms with Gasteiger partial charge in [0.25, 0.3) is 0 Å². The van der Waals surface area contributed by atoms with Crippen molar-refractivity contribution in [3.63, 3.8) is 0 Å². The fraction of sp³-hybridized carbons (Fsp3) is 0.421. The molecule has 0 aliphatic carbocycles. The molecule has 0 saturated carbocycles. The van der Waals surface area contributed by atoms with E-state index in [0.29, 0.717) is 6.42 Å². The third-order valence-corrected chi connectivity index (χ3v) is 5.88. The predicted molar refractivity (Wildman–Crippen MR) is 106 cm³/mol. The van der Waals surface area contributed by atoms with Gasteiger partial charge in [0.15, 0.2) is 0 Å². The standard InChI is InChI=1S/C19H25N5O2S/c1-14(25)23-8-10-24(11-9-23)16-4-2-15(21-13-16)3-5-17-6-7-18(27-17)12-19(26)22-20/h2,4,6-7,13H,3,5,8-12,20H2,1H3,(H,22,26). The van der Waals surface area contributed by atoms with Crippen LogP contribution in [0.2, 0.25) is 0 Å². The molecular weight excluding hydrogens is 362 g/mol. The molecule has 3 heterocycles. The van der Waals surface area contributed by atoms with E-state index in [0.717, 1.165) is 55.3 Å². The lowest BCUT2D eigenvalue weighted by molar-refractivity contribution is -0.129. The predicted octanol–water partition coefficient (Wildman–Crippen LogP) is 1.13. The van der Waals surface area contributed by atoms with E-state index in [1.807, 2.05) is 17.2 Å². The normalized spacial score (nSPS) is 14.3. The average Bonchev–Trinajstić information content (AvgIpc) is 3.14. The van der Waals surface area contributed by atoms with Gasteiger partial charge in [0.05, 0.1) is 18.3 Å². The molecule has 0 spiro atoms. The van der Waals surface area contributed by atoms with Crippen molar-refractivity contribution in [3.8, 4) is 0 Å². The summed E-state index contributed by atoms with van der Waals surface area (Å²) >= 11 is 1.64. The fourth-order valence-electron chi connectivity index (χ4n) is 3.14. The van der Waals surface area contributed by atoms with Gasteiger partial charge in [-0.25, -0.2) is 5.84 Å². The molecule has 2 aromatic heterocycles. The molecule has 144 valence electrons. The van der Waals surface area contributed by atoms with Gasteiger partial charge in [-0.15, -0.1) is 11.3 Å². The van der Waals surface area contributed by atoms with Crippen LogP contribution in [-0.2, 0) is 28.9 Å². The molecule has 2 aromatic rings. The second kappa shape index (κ2) is 8.96. The van der Waals surface area contributed by atoms with Crippen LogP contribution in [0.25, 0.3) is 0 Å². The Morgan fingerprint density at radius 2 is 1.85 bits per heavy atom. The molecule has 0 unspecified atom stereocenters. The minimum atomic E-state index is -0.176. The molecule has 3 N–H and O–H groups in total. The number of aromatic nitrogens is 1. The van der Waals surface area contributed by atoms with Crippen LogP contribution < -0.4 is 16.2 Å². The second-order valence-electron chi connectivity index (χ2n) is 6.61. The Bertz CT molecular complexity index is 782. The number of thiophene rings is 1. The van der Waals surface area contributed by atoms with E-state index >= 15 is 0 Å². The van der Waals surface area contributed by atoms with Gasteiger partial charge in [0, 0.05) is 48.6 Å². The van der Waals surface area contributed by atoms with Crippen LogP contribution in [0.15, 0.2) is 30.5 Å². The van der Waals surface area contributed by atoms with E-state index in [4.69, 9.17) is 5.84 Å². The van der Waals surface area contributed by atoms with E-state index in [1.165, 1.54) is 4.88 Å². The van der Waals surface area contributed by atoms with Gasteiger partial charge in [0.2, 0.25) is 11.8 Å². The van der Waals surface area contributed by atoms with Crippen molar-refractivity contribution >= 4 is 28.8 Å². The lowest BCUT2D eigenvalue weighted by Gasteiger charge is -2.35. The zero-order valence-corrected chi connectivity index (χ0v) is 16.3. The highest BCUT2D eigenvalue weighted by molar-refractivity contribution is 7.12. The van der Waals surface area contributed by atoms with Crippen molar-refractivity contribution in [2.45, 2.75) is 26.2 Å². The Kier molecular flexibility index (Phi) is 6.41. The maximum atomic E-state index is 11.4. The van der Waals surface area contributed by atoms with Crippen molar-refractivity contribution in [2.75, 3.05) is 31.1 Å². The zero-order valence-electron chi connectivity index (χ0n) is 15.5. The fourth-order valence-corrected chi connectivity index (χ4v) is 4.16. The van der Waals surface area contributed by atoms with Crippen LogP contribution in [0, 0.1) is 0 Å². The van der Waals surface area contributed by atoms with E-state index in [2.05, 4.69) is 33.5 Å². The summed E-state index contributed by atoms with van der Waals surface area (Å²) in [5.41, 5.74) is 4.31. The number of aryl methyl sites for hydroxylation is 2. The van der Waals surface area contributed by atoms with E-state index in [9.17, 15) is 9.59 Å². The maximum absolute atomic E-state index is 11.4. The number of carbonyl (C=O) groups is 2. The summed E-state index contributed by atoms with van der Waals surface area (Å²) in [6.07, 6.45) is 4.01. The number of hydrazine groups is 1. The third kappa shape index (κ3) is 5.27. The topological polar surface area (TPSA) is 91.6 Å². The number of hydrogen-bond donors (Lipinski definition) is 2. The van der Waals surface area contributed by atoms with Crippen molar-refractivity contribution in [1.29, 1.82) is 0 Å². The molecule has 8 heteroatoms. The Morgan fingerprint density at radius 3 is 2.48 bits per heavy atom. The highest BCUT2D eigenvalue weighted by Crippen LogP contribution is 2.20.